The topological polar surface area (TPSA) is 57.6 Å². The van der Waals surface area contributed by atoms with Crippen LogP contribution in [0, 0.1) is 11.8 Å². The van der Waals surface area contributed by atoms with E-state index >= 15 is 0 Å². The van der Waals surface area contributed by atoms with Crippen molar-refractivity contribution in [2.24, 2.45) is 11.8 Å². The monoisotopic (exact) mass is 329 g/mol. The second-order valence-corrected chi connectivity index (χ2v) is 6.31. The molecule has 1 aromatic rings. The predicted molar refractivity (Wildman–Crippen MR) is 81.7 cm³/mol. The average molecular weight is 330 g/mol. The van der Waals surface area contributed by atoms with Gasteiger partial charge in [0.05, 0.1) is 12.3 Å². The lowest BCUT2D eigenvalue weighted by atomic mass is 9.87. The number of hydrogen-bond donors (Lipinski definition) is 1. The molecule has 1 aliphatic rings. The quantitative estimate of drug-likeness (QED) is 0.926. The molecular formula is C15H17Cl2NO3. The molecule has 2 rings (SSSR count). The fraction of sp³-hybridized carbons (Fsp3) is 0.467. The van der Waals surface area contributed by atoms with Gasteiger partial charge in [0.2, 0.25) is 5.91 Å². The van der Waals surface area contributed by atoms with E-state index < -0.39 is 5.97 Å². The molecule has 0 aromatic heterocycles. The Kier molecular flexibility index (Phi) is 5.12. The van der Waals surface area contributed by atoms with Crippen LogP contribution >= 0.6 is 23.2 Å². The van der Waals surface area contributed by atoms with E-state index in [4.69, 9.17) is 28.3 Å². The molecule has 1 fully saturated rings. The third-order valence-electron chi connectivity index (χ3n) is 3.93. The van der Waals surface area contributed by atoms with Crippen molar-refractivity contribution in [3.05, 3.63) is 33.8 Å². The number of benzene rings is 1. The fourth-order valence-corrected chi connectivity index (χ4v) is 3.15. The third kappa shape index (κ3) is 3.89. The zero-order chi connectivity index (χ0) is 15.6. The van der Waals surface area contributed by atoms with Crippen LogP contribution in [0.4, 0.5) is 0 Å². The first kappa shape index (κ1) is 16.1. The van der Waals surface area contributed by atoms with Crippen LogP contribution in [0.25, 0.3) is 0 Å². The Morgan fingerprint density at radius 3 is 2.67 bits per heavy atom. The fourth-order valence-electron chi connectivity index (χ4n) is 2.68. The summed E-state index contributed by atoms with van der Waals surface area (Å²) in [6, 6.07) is 5.07. The van der Waals surface area contributed by atoms with Gasteiger partial charge >= 0.3 is 5.97 Å². The lowest BCUT2D eigenvalue weighted by molar-refractivity contribution is -0.148. The Hall–Kier alpha value is -1.26. The van der Waals surface area contributed by atoms with Crippen LogP contribution in [0.1, 0.15) is 18.9 Å². The van der Waals surface area contributed by atoms with Crippen molar-refractivity contribution in [2.45, 2.75) is 19.8 Å². The zero-order valence-corrected chi connectivity index (χ0v) is 13.2. The van der Waals surface area contributed by atoms with E-state index in [1.54, 1.807) is 23.1 Å². The van der Waals surface area contributed by atoms with E-state index in [1.807, 2.05) is 6.92 Å². The molecule has 4 nitrogen and oxygen atoms in total. The molecule has 0 spiro atoms. The van der Waals surface area contributed by atoms with E-state index in [9.17, 15) is 9.59 Å². The number of carboxylic acids is 1. The van der Waals surface area contributed by atoms with Crippen molar-refractivity contribution in [1.82, 2.24) is 4.90 Å². The maximum atomic E-state index is 12.3. The number of halogens is 2. The highest BCUT2D eigenvalue weighted by Gasteiger charge is 2.32. The molecule has 2 atom stereocenters. The van der Waals surface area contributed by atoms with Crippen LogP contribution in [0.3, 0.4) is 0 Å². The zero-order valence-electron chi connectivity index (χ0n) is 11.7. The van der Waals surface area contributed by atoms with Gasteiger partial charge in [-0.3, -0.25) is 9.59 Å². The number of amides is 1. The lowest BCUT2D eigenvalue weighted by Gasteiger charge is -2.35. The number of piperidine rings is 1. The van der Waals surface area contributed by atoms with Crippen molar-refractivity contribution in [1.29, 1.82) is 0 Å². The van der Waals surface area contributed by atoms with Gasteiger partial charge in [0, 0.05) is 23.1 Å². The molecule has 1 saturated heterocycles. The lowest BCUT2D eigenvalue weighted by Crippen LogP contribution is -2.45. The number of carboxylic acid groups (broad SMARTS) is 1. The summed E-state index contributed by atoms with van der Waals surface area (Å²) in [4.78, 5) is 25.1. The van der Waals surface area contributed by atoms with Gasteiger partial charge in [-0.1, -0.05) is 36.2 Å². The highest BCUT2D eigenvalue weighted by atomic mass is 35.5. The molecule has 2 unspecified atom stereocenters. The standard InChI is InChI=1S/C15H17Cl2NO3/c1-9-8-18(5-4-12(9)15(20)21)14(19)6-10-2-3-11(16)7-13(10)17/h2-3,7,9,12H,4-6,8H2,1H3,(H,20,21). The smallest absolute Gasteiger partial charge is 0.306 e. The van der Waals surface area contributed by atoms with Crippen LogP contribution in [-0.4, -0.2) is 35.0 Å². The van der Waals surface area contributed by atoms with Gasteiger partial charge in [0.25, 0.3) is 0 Å². The molecular weight excluding hydrogens is 313 g/mol. The summed E-state index contributed by atoms with van der Waals surface area (Å²) in [5, 5.41) is 10.1. The number of carbonyl (C=O) groups excluding carboxylic acids is 1. The maximum Gasteiger partial charge on any atom is 0.306 e. The third-order valence-corrected chi connectivity index (χ3v) is 4.52. The molecule has 1 heterocycles. The summed E-state index contributed by atoms with van der Waals surface area (Å²) in [7, 11) is 0. The van der Waals surface area contributed by atoms with Gasteiger partial charge < -0.3 is 10.0 Å². The number of rotatable bonds is 3. The summed E-state index contributed by atoms with van der Waals surface area (Å²) in [6.07, 6.45) is 0.705. The Balaban J connectivity index is 2.00. The first-order chi connectivity index (χ1) is 9.88. The summed E-state index contributed by atoms with van der Waals surface area (Å²) in [6.45, 7) is 2.82. The second kappa shape index (κ2) is 6.67. The average Bonchev–Trinajstić information content (AvgIpc) is 2.41. The molecule has 0 saturated carbocycles. The van der Waals surface area contributed by atoms with E-state index in [1.165, 1.54) is 0 Å². The van der Waals surface area contributed by atoms with Crippen LogP contribution in [-0.2, 0) is 16.0 Å². The minimum Gasteiger partial charge on any atom is -0.481 e. The highest BCUT2D eigenvalue weighted by Crippen LogP contribution is 2.26. The van der Waals surface area contributed by atoms with Gasteiger partial charge in [-0.2, -0.15) is 0 Å². The molecule has 0 bridgehead atoms. The molecule has 0 aliphatic carbocycles. The minimum atomic E-state index is -0.782. The van der Waals surface area contributed by atoms with E-state index in [-0.39, 0.29) is 24.2 Å². The Morgan fingerprint density at radius 2 is 2.10 bits per heavy atom. The molecule has 1 aromatic carbocycles. The number of nitrogens with zero attached hydrogens (tertiary/aromatic N) is 1. The summed E-state index contributed by atoms with van der Waals surface area (Å²) in [5.41, 5.74) is 0.735. The normalized spacial score (nSPS) is 22.1. The number of likely N-dealkylation sites (tertiary alicyclic amines) is 1. The van der Waals surface area contributed by atoms with Crippen LogP contribution < -0.4 is 0 Å². The molecule has 6 heteroatoms. The van der Waals surface area contributed by atoms with Crippen molar-refractivity contribution in [3.63, 3.8) is 0 Å². The second-order valence-electron chi connectivity index (χ2n) is 5.46. The van der Waals surface area contributed by atoms with Crippen LogP contribution in [0.5, 0.6) is 0 Å². The van der Waals surface area contributed by atoms with Crippen molar-refractivity contribution in [2.75, 3.05) is 13.1 Å². The van der Waals surface area contributed by atoms with Crippen LogP contribution in [0.2, 0.25) is 10.0 Å². The van der Waals surface area contributed by atoms with E-state index in [2.05, 4.69) is 0 Å². The molecule has 1 N–H and O–H groups in total. The van der Waals surface area contributed by atoms with Crippen molar-refractivity contribution >= 4 is 35.1 Å². The molecule has 1 aliphatic heterocycles. The molecule has 114 valence electrons. The van der Waals surface area contributed by atoms with E-state index in [0.29, 0.717) is 29.6 Å². The first-order valence-corrected chi connectivity index (χ1v) is 7.58. The van der Waals surface area contributed by atoms with Gasteiger partial charge in [0.15, 0.2) is 0 Å². The van der Waals surface area contributed by atoms with Crippen LogP contribution in [0.15, 0.2) is 18.2 Å². The Bertz CT molecular complexity index is 562. The van der Waals surface area contributed by atoms with Crippen molar-refractivity contribution < 1.29 is 14.7 Å². The molecule has 0 radical (unpaired) electrons. The molecule has 1 amide bonds. The van der Waals surface area contributed by atoms with Gasteiger partial charge in [-0.05, 0) is 30.0 Å². The number of carbonyl (C=O) groups is 2. The highest BCUT2D eigenvalue weighted by molar-refractivity contribution is 6.35. The Labute approximate surface area is 133 Å². The van der Waals surface area contributed by atoms with Gasteiger partial charge in [-0.15, -0.1) is 0 Å². The number of aliphatic carboxylic acids is 1. The maximum absolute atomic E-state index is 12.3. The molecule has 21 heavy (non-hydrogen) atoms. The minimum absolute atomic E-state index is 0.0325. The number of hydrogen-bond acceptors (Lipinski definition) is 2. The largest absolute Gasteiger partial charge is 0.481 e. The Morgan fingerprint density at radius 1 is 1.38 bits per heavy atom. The van der Waals surface area contributed by atoms with Crippen molar-refractivity contribution in [3.8, 4) is 0 Å². The summed E-state index contributed by atoms with van der Waals surface area (Å²) >= 11 is 11.9. The first-order valence-electron chi connectivity index (χ1n) is 6.83. The van der Waals surface area contributed by atoms with Gasteiger partial charge in [0.1, 0.15) is 0 Å². The summed E-state index contributed by atoms with van der Waals surface area (Å²) in [5.74, 6) is -1.22. The predicted octanol–water partition coefficient (Wildman–Crippen LogP) is 3.11. The van der Waals surface area contributed by atoms with E-state index in [0.717, 1.165) is 5.56 Å². The SMILES string of the molecule is CC1CN(C(=O)Cc2ccc(Cl)cc2Cl)CCC1C(=O)O. The van der Waals surface area contributed by atoms with Gasteiger partial charge in [-0.25, -0.2) is 0 Å². The summed E-state index contributed by atoms with van der Waals surface area (Å²) < 4.78 is 0.